The maximum absolute atomic E-state index is 2.75. The third-order valence-electron chi connectivity index (χ3n) is 3.76. The van der Waals surface area contributed by atoms with E-state index >= 15 is 0 Å². The van der Waals surface area contributed by atoms with E-state index in [1.165, 1.54) is 64.7 Å². The van der Waals surface area contributed by atoms with Crippen LogP contribution in [-0.4, -0.2) is 49.1 Å². The lowest BCUT2D eigenvalue weighted by Gasteiger charge is -2.37. The Morgan fingerprint density at radius 3 is 2.21 bits per heavy atom. The Hall–Kier alpha value is -0.0800. The zero-order valence-electron chi connectivity index (χ0n) is 9.54. The van der Waals surface area contributed by atoms with Crippen LogP contribution in [0.4, 0.5) is 0 Å². The maximum Gasteiger partial charge on any atom is 0.0223 e. The van der Waals surface area contributed by atoms with Crippen LogP contribution < -0.4 is 0 Å². The van der Waals surface area contributed by atoms with Gasteiger partial charge in [0.25, 0.3) is 0 Å². The number of likely N-dealkylation sites (N-methyl/N-ethyl adjacent to an activating group) is 1. The van der Waals surface area contributed by atoms with E-state index in [2.05, 4.69) is 16.8 Å². The molecule has 14 heavy (non-hydrogen) atoms. The quantitative estimate of drug-likeness (QED) is 0.632. The topological polar surface area (TPSA) is 6.48 Å². The minimum atomic E-state index is 0.867. The minimum absolute atomic E-state index is 0.867. The zero-order chi connectivity index (χ0) is 9.80. The number of nitrogens with zero attached hydrogens (tertiary/aromatic N) is 2. The first-order chi connectivity index (χ1) is 6.86. The Bertz CT molecular complexity index is 162. The molecule has 0 spiro atoms. The van der Waals surface area contributed by atoms with E-state index in [9.17, 15) is 0 Å². The number of piperidine rings is 1. The minimum Gasteiger partial charge on any atom is -0.305 e. The van der Waals surface area contributed by atoms with Crippen LogP contribution in [0.5, 0.6) is 0 Å². The molecule has 2 aliphatic rings. The van der Waals surface area contributed by atoms with Crippen molar-refractivity contribution >= 4 is 0 Å². The predicted octanol–water partition coefficient (Wildman–Crippen LogP) is 1.96. The van der Waals surface area contributed by atoms with E-state index in [-0.39, 0.29) is 0 Å². The largest absolute Gasteiger partial charge is 0.305 e. The van der Waals surface area contributed by atoms with Crippen molar-refractivity contribution in [3.63, 3.8) is 0 Å². The van der Waals surface area contributed by atoms with E-state index in [1.54, 1.807) is 0 Å². The Morgan fingerprint density at radius 1 is 0.857 bits per heavy atom. The second-order valence-corrected chi connectivity index (χ2v) is 5.01. The molecule has 0 aromatic rings. The third kappa shape index (κ3) is 2.71. The summed E-state index contributed by atoms with van der Waals surface area (Å²) in [6.45, 7) is 5.33. The summed E-state index contributed by atoms with van der Waals surface area (Å²) < 4.78 is 0. The molecule has 0 amide bonds. The predicted molar refractivity (Wildman–Crippen MR) is 60.6 cm³/mol. The lowest BCUT2D eigenvalue weighted by molar-refractivity contribution is 0.115. The zero-order valence-corrected chi connectivity index (χ0v) is 9.54. The van der Waals surface area contributed by atoms with Gasteiger partial charge in [-0.05, 0) is 52.4 Å². The van der Waals surface area contributed by atoms with Gasteiger partial charge in [0.1, 0.15) is 0 Å². The molecule has 0 bridgehead atoms. The molecule has 82 valence electrons. The van der Waals surface area contributed by atoms with Gasteiger partial charge in [0.05, 0.1) is 0 Å². The SMILES string of the molecule is CN1CCCC(N2CCCCCC2)C1. The highest BCUT2D eigenvalue weighted by atomic mass is 15.2. The number of hydrogen-bond donors (Lipinski definition) is 0. The van der Waals surface area contributed by atoms with Crippen molar-refractivity contribution < 1.29 is 0 Å². The van der Waals surface area contributed by atoms with Gasteiger partial charge in [-0.2, -0.15) is 0 Å². The summed E-state index contributed by atoms with van der Waals surface area (Å²) in [4.78, 5) is 5.25. The number of hydrogen-bond acceptors (Lipinski definition) is 2. The molecule has 0 aromatic heterocycles. The molecule has 1 unspecified atom stereocenters. The summed E-state index contributed by atoms with van der Waals surface area (Å²) in [6.07, 6.45) is 8.61. The third-order valence-corrected chi connectivity index (χ3v) is 3.76. The fraction of sp³-hybridized carbons (Fsp3) is 1.00. The molecular weight excluding hydrogens is 172 g/mol. The van der Waals surface area contributed by atoms with Crippen LogP contribution in [0.15, 0.2) is 0 Å². The second-order valence-electron chi connectivity index (χ2n) is 5.01. The number of rotatable bonds is 1. The average molecular weight is 196 g/mol. The summed E-state index contributed by atoms with van der Waals surface area (Å²) in [7, 11) is 2.27. The average Bonchev–Trinajstić information content (AvgIpc) is 2.45. The van der Waals surface area contributed by atoms with Crippen LogP contribution in [0.1, 0.15) is 38.5 Å². The molecule has 2 saturated heterocycles. The first-order valence-electron chi connectivity index (χ1n) is 6.29. The van der Waals surface area contributed by atoms with Gasteiger partial charge in [-0.1, -0.05) is 12.8 Å². The standard InChI is InChI=1S/C12H24N2/c1-13-8-6-7-12(11-13)14-9-4-2-3-5-10-14/h12H,2-11H2,1H3. The van der Waals surface area contributed by atoms with Gasteiger partial charge < -0.3 is 4.90 Å². The second kappa shape index (κ2) is 5.13. The molecule has 0 N–H and O–H groups in total. The van der Waals surface area contributed by atoms with Gasteiger partial charge in [-0.15, -0.1) is 0 Å². The summed E-state index contributed by atoms with van der Waals surface area (Å²) in [6, 6.07) is 0.867. The van der Waals surface area contributed by atoms with Crippen molar-refractivity contribution in [1.29, 1.82) is 0 Å². The van der Waals surface area contributed by atoms with Gasteiger partial charge in [-0.3, -0.25) is 4.90 Å². The van der Waals surface area contributed by atoms with E-state index in [0.29, 0.717) is 0 Å². The van der Waals surface area contributed by atoms with E-state index in [0.717, 1.165) is 6.04 Å². The van der Waals surface area contributed by atoms with E-state index in [4.69, 9.17) is 0 Å². The smallest absolute Gasteiger partial charge is 0.0223 e. The molecule has 0 radical (unpaired) electrons. The molecule has 0 saturated carbocycles. The van der Waals surface area contributed by atoms with Gasteiger partial charge in [0, 0.05) is 12.6 Å². The normalized spacial score (nSPS) is 32.8. The summed E-state index contributed by atoms with van der Waals surface area (Å²) in [5.41, 5.74) is 0. The van der Waals surface area contributed by atoms with Crippen molar-refractivity contribution in [3.8, 4) is 0 Å². The van der Waals surface area contributed by atoms with Gasteiger partial charge in [0.2, 0.25) is 0 Å². The first kappa shape index (κ1) is 10.4. The maximum atomic E-state index is 2.75. The van der Waals surface area contributed by atoms with Crippen molar-refractivity contribution in [1.82, 2.24) is 9.80 Å². The highest BCUT2D eigenvalue weighted by molar-refractivity contribution is 4.80. The molecule has 2 aliphatic heterocycles. The van der Waals surface area contributed by atoms with Crippen molar-refractivity contribution in [2.24, 2.45) is 0 Å². The van der Waals surface area contributed by atoms with Gasteiger partial charge in [0.15, 0.2) is 0 Å². The summed E-state index contributed by atoms with van der Waals surface area (Å²) in [5, 5.41) is 0. The van der Waals surface area contributed by atoms with Crippen molar-refractivity contribution in [2.45, 2.75) is 44.6 Å². The molecule has 2 nitrogen and oxygen atoms in total. The van der Waals surface area contributed by atoms with Crippen LogP contribution in [0.2, 0.25) is 0 Å². The Labute approximate surface area is 88.3 Å². The van der Waals surface area contributed by atoms with Crippen LogP contribution >= 0.6 is 0 Å². The van der Waals surface area contributed by atoms with Gasteiger partial charge >= 0.3 is 0 Å². The van der Waals surface area contributed by atoms with Crippen molar-refractivity contribution in [2.75, 3.05) is 33.2 Å². The molecular formula is C12H24N2. The molecule has 1 atom stereocenters. The van der Waals surface area contributed by atoms with Crippen LogP contribution in [0.25, 0.3) is 0 Å². The van der Waals surface area contributed by atoms with E-state index in [1.807, 2.05) is 0 Å². The Kier molecular flexibility index (Phi) is 3.82. The van der Waals surface area contributed by atoms with E-state index < -0.39 is 0 Å². The highest BCUT2D eigenvalue weighted by Crippen LogP contribution is 2.18. The lowest BCUT2D eigenvalue weighted by Crippen LogP contribution is -2.46. The molecule has 0 aliphatic carbocycles. The summed E-state index contributed by atoms with van der Waals surface area (Å²) >= 11 is 0. The lowest BCUT2D eigenvalue weighted by atomic mass is 10.0. The molecule has 2 fully saturated rings. The summed E-state index contributed by atoms with van der Waals surface area (Å²) in [5.74, 6) is 0. The van der Waals surface area contributed by atoms with Crippen LogP contribution in [0.3, 0.4) is 0 Å². The molecule has 0 aromatic carbocycles. The highest BCUT2D eigenvalue weighted by Gasteiger charge is 2.23. The fourth-order valence-corrected chi connectivity index (χ4v) is 2.90. The van der Waals surface area contributed by atoms with Crippen LogP contribution in [0, 0.1) is 0 Å². The Morgan fingerprint density at radius 2 is 1.57 bits per heavy atom. The van der Waals surface area contributed by atoms with Crippen LogP contribution in [-0.2, 0) is 0 Å². The monoisotopic (exact) mass is 196 g/mol. The fourth-order valence-electron chi connectivity index (χ4n) is 2.90. The first-order valence-corrected chi connectivity index (χ1v) is 6.29. The molecule has 2 heterocycles. The van der Waals surface area contributed by atoms with Crippen molar-refractivity contribution in [3.05, 3.63) is 0 Å². The number of likely N-dealkylation sites (tertiary alicyclic amines) is 2. The van der Waals surface area contributed by atoms with Gasteiger partial charge in [-0.25, -0.2) is 0 Å². The Balaban J connectivity index is 1.85. The molecule has 2 rings (SSSR count). The molecule has 2 heteroatoms.